The molecule has 22 heavy (non-hydrogen) atoms. The van der Waals surface area contributed by atoms with Crippen LogP contribution >= 0.6 is 11.6 Å². The summed E-state index contributed by atoms with van der Waals surface area (Å²) in [5.41, 5.74) is 1.38. The first-order chi connectivity index (χ1) is 10.7. The van der Waals surface area contributed by atoms with Crippen molar-refractivity contribution in [3.63, 3.8) is 0 Å². The Hall–Kier alpha value is -1.65. The van der Waals surface area contributed by atoms with Gasteiger partial charge in [0.15, 0.2) is 5.82 Å². The topological polar surface area (TPSA) is 32.3 Å². The van der Waals surface area contributed by atoms with Crippen molar-refractivity contribution in [1.82, 2.24) is 14.9 Å². The zero-order valence-corrected chi connectivity index (χ0v) is 13.6. The van der Waals surface area contributed by atoms with Crippen molar-refractivity contribution in [2.75, 3.05) is 25.0 Å². The first kappa shape index (κ1) is 15.3. The summed E-state index contributed by atoms with van der Waals surface area (Å²) in [6.07, 6.45) is 5.47. The summed E-state index contributed by atoms with van der Waals surface area (Å²) in [6.45, 7) is 3.24. The number of hydrogen-bond acceptors (Lipinski definition) is 4. The fourth-order valence-electron chi connectivity index (χ4n) is 3.05. The minimum absolute atomic E-state index is 0.486. The van der Waals surface area contributed by atoms with E-state index in [9.17, 15) is 0 Å². The zero-order valence-electron chi connectivity index (χ0n) is 12.8. The maximum atomic E-state index is 6.20. The van der Waals surface area contributed by atoms with E-state index in [0.29, 0.717) is 11.1 Å². The minimum atomic E-state index is 0.486. The summed E-state index contributed by atoms with van der Waals surface area (Å²) >= 11 is 6.20. The molecule has 0 atom stereocenters. The van der Waals surface area contributed by atoms with Crippen LogP contribution in [0.2, 0.25) is 5.02 Å². The van der Waals surface area contributed by atoms with Gasteiger partial charge in [-0.05, 0) is 18.4 Å². The Balaban J connectivity index is 1.56. The summed E-state index contributed by atoms with van der Waals surface area (Å²) in [5.74, 6) is 0.832. The third-order valence-electron chi connectivity index (χ3n) is 4.34. The van der Waals surface area contributed by atoms with Crippen molar-refractivity contribution < 1.29 is 0 Å². The van der Waals surface area contributed by atoms with Crippen LogP contribution in [0.3, 0.4) is 0 Å². The zero-order chi connectivity index (χ0) is 15.4. The highest BCUT2D eigenvalue weighted by molar-refractivity contribution is 6.32. The lowest BCUT2D eigenvalue weighted by molar-refractivity contribution is 0.203. The summed E-state index contributed by atoms with van der Waals surface area (Å²) in [7, 11) is 2.08. The van der Waals surface area contributed by atoms with Gasteiger partial charge in [0.05, 0.1) is 6.20 Å². The van der Waals surface area contributed by atoms with Gasteiger partial charge in [-0.1, -0.05) is 41.9 Å². The normalized spacial score (nSPS) is 16.6. The molecule has 0 radical (unpaired) electrons. The maximum absolute atomic E-state index is 6.20. The van der Waals surface area contributed by atoms with E-state index in [1.807, 2.05) is 0 Å². The van der Waals surface area contributed by atoms with E-state index in [0.717, 1.165) is 38.3 Å². The Morgan fingerprint density at radius 2 is 1.95 bits per heavy atom. The quantitative estimate of drug-likeness (QED) is 0.867. The van der Waals surface area contributed by atoms with Crippen LogP contribution in [-0.2, 0) is 6.54 Å². The Morgan fingerprint density at radius 3 is 2.64 bits per heavy atom. The van der Waals surface area contributed by atoms with Gasteiger partial charge in [0.1, 0.15) is 11.3 Å². The number of nitrogens with zero attached hydrogens (tertiary/aromatic N) is 4. The molecule has 0 bridgehead atoms. The van der Waals surface area contributed by atoms with Gasteiger partial charge in [-0.3, -0.25) is 4.90 Å². The van der Waals surface area contributed by atoms with Gasteiger partial charge in [-0.15, -0.1) is 0 Å². The number of rotatable bonds is 4. The number of hydrogen-bond donors (Lipinski definition) is 0. The molecule has 0 amide bonds. The predicted octanol–water partition coefficient (Wildman–Crippen LogP) is 3.23. The van der Waals surface area contributed by atoms with Crippen molar-refractivity contribution in [3.8, 4) is 0 Å². The number of halogens is 1. The van der Waals surface area contributed by atoms with Gasteiger partial charge in [0.2, 0.25) is 0 Å². The Bertz CT molecular complexity index is 597. The molecule has 2 aromatic rings. The molecule has 1 aliphatic rings. The number of likely N-dealkylation sites (tertiary alicyclic amines) is 1. The van der Waals surface area contributed by atoms with E-state index in [2.05, 4.69) is 57.1 Å². The molecule has 0 spiro atoms. The molecule has 3 rings (SSSR count). The summed E-state index contributed by atoms with van der Waals surface area (Å²) in [5, 5.41) is 0.622. The fraction of sp³-hybridized carbons (Fsp3) is 0.412. The van der Waals surface area contributed by atoms with E-state index in [1.54, 1.807) is 12.5 Å². The molecule has 1 aliphatic heterocycles. The molecule has 1 aromatic carbocycles. The number of anilines is 1. The van der Waals surface area contributed by atoms with Crippen LogP contribution in [0.25, 0.3) is 0 Å². The molecule has 5 heteroatoms. The van der Waals surface area contributed by atoms with Gasteiger partial charge in [0, 0.05) is 32.7 Å². The second-order valence-electron chi connectivity index (χ2n) is 5.80. The molecule has 116 valence electrons. The molecule has 1 aromatic heterocycles. The number of aromatic nitrogens is 2. The Labute approximate surface area is 136 Å². The van der Waals surface area contributed by atoms with Gasteiger partial charge in [-0.25, -0.2) is 9.97 Å². The molecule has 0 saturated carbocycles. The van der Waals surface area contributed by atoms with Crippen molar-refractivity contribution >= 4 is 17.4 Å². The molecule has 0 unspecified atom stereocenters. The smallest absolute Gasteiger partial charge is 0.150 e. The van der Waals surface area contributed by atoms with E-state index < -0.39 is 0 Å². The van der Waals surface area contributed by atoms with Crippen LogP contribution in [0.15, 0.2) is 42.9 Å². The van der Waals surface area contributed by atoms with Crippen LogP contribution in [-0.4, -0.2) is 41.0 Å². The van der Waals surface area contributed by atoms with Crippen molar-refractivity contribution in [1.29, 1.82) is 0 Å². The minimum Gasteiger partial charge on any atom is -0.355 e. The lowest BCUT2D eigenvalue weighted by atomic mass is 10.0. The maximum Gasteiger partial charge on any atom is 0.150 e. The van der Waals surface area contributed by atoms with Gasteiger partial charge in [0.25, 0.3) is 0 Å². The van der Waals surface area contributed by atoms with E-state index >= 15 is 0 Å². The van der Waals surface area contributed by atoms with Gasteiger partial charge < -0.3 is 4.90 Å². The lowest BCUT2D eigenvalue weighted by Gasteiger charge is -2.37. The molecular weight excluding hydrogens is 296 g/mol. The third-order valence-corrected chi connectivity index (χ3v) is 4.60. The van der Waals surface area contributed by atoms with Crippen LogP contribution in [0.5, 0.6) is 0 Å². The average Bonchev–Trinajstić information content (AvgIpc) is 2.56. The second kappa shape index (κ2) is 7.07. The summed E-state index contributed by atoms with van der Waals surface area (Å²) in [4.78, 5) is 13.0. The first-order valence-electron chi connectivity index (χ1n) is 7.68. The average molecular weight is 317 g/mol. The van der Waals surface area contributed by atoms with Gasteiger partial charge in [-0.2, -0.15) is 0 Å². The van der Waals surface area contributed by atoms with E-state index in [4.69, 9.17) is 11.6 Å². The largest absolute Gasteiger partial charge is 0.355 e. The van der Waals surface area contributed by atoms with Gasteiger partial charge >= 0.3 is 0 Å². The predicted molar refractivity (Wildman–Crippen MR) is 90.2 cm³/mol. The number of piperidine rings is 1. The summed E-state index contributed by atoms with van der Waals surface area (Å²) in [6, 6.07) is 11.1. The fourth-order valence-corrected chi connectivity index (χ4v) is 3.28. The van der Waals surface area contributed by atoms with E-state index in [-0.39, 0.29) is 0 Å². The monoisotopic (exact) mass is 316 g/mol. The second-order valence-corrected chi connectivity index (χ2v) is 6.21. The first-order valence-corrected chi connectivity index (χ1v) is 8.06. The van der Waals surface area contributed by atoms with Crippen molar-refractivity contribution in [3.05, 3.63) is 53.4 Å². The van der Waals surface area contributed by atoms with Crippen molar-refractivity contribution in [2.45, 2.75) is 25.4 Å². The van der Waals surface area contributed by atoms with Crippen molar-refractivity contribution in [2.24, 2.45) is 0 Å². The summed E-state index contributed by atoms with van der Waals surface area (Å²) < 4.78 is 0. The lowest BCUT2D eigenvalue weighted by Crippen LogP contribution is -2.43. The highest BCUT2D eigenvalue weighted by Gasteiger charge is 2.24. The molecule has 1 fully saturated rings. The molecule has 0 N–H and O–H groups in total. The highest BCUT2D eigenvalue weighted by Crippen LogP contribution is 2.26. The standard InChI is InChI=1S/C17H21ClN4/c1-21(17-16(18)11-19-13-20-17)15-7-9-22(10-8-15)12-14-5-3-2-4-6-14/h2-6,11,13,15H,7-10,12H2,1H3. The van der Waals surface area contributed by atoms with Crippen LogP contribution in [0.1, 0.15) is 18.4 Å². The van der Waals surface area contributed by atoms with Crippen LogP contribution in [0.4, 0.5) is 5.82 Å². The van der Waals surface area contributed by atoms with E-state index in [1.165, 1.54) is 5.56 Å². The third kappa shape index (κ3) is 3.57. The SMILES string of the molecule is CN(c1ncncc1Cl)C1CCN(Cc2ccccc2)CC1. The Morgan fingerprint density at radius 1 is 1.23 bits per heavy atom. The molecule has 0 aliphatic carbocycles. The molecule has 1 saturated heterocycles. The number of benzene rings is 1. The molecule has 4 nitrogen and oxygen atoms in total. The Kier molecular flexibility index (Phi) is 4.90. The molecule has 2 heterocycles. The van der Waals surface area contributed by atoms with Crippen LogP contribution < -0.4 is 4.90 Å². The highest BCUT2D eigenvalue weighted by atomic mass is 35.5. The molecular formula is C17H21ClN4. The van der Waals surface area contributed by atoms with Crippen LogP contribution in [0, 0.1) is 0 Å².